The van der Waals surface area contributed by atoms with Crippen LogP contribution in [0.3, 0.4) is 0 Å². The molecule has 0 aliphatic carbocycles. The normalized spacial score (nSPS) is 16.4. The van der Waals surface area contributed by atoms with Gasteiger partial charge in [0.25, 0.3) is 5.91 Å². The number of benzene rings is 2. The summed E-state index contributed by atoms with van der Waals surface area (Å²) in [4.78, 5) is 36.6. The third-order valence-corrected chi connectivity index (χ3v) is 7.04. The van der Waals surface area contributed by atoms with Crippen LogP contribution in [0.4, 0.5) is 8.78 Å². The monoisotopic (exact) mass is 481 g/mol. The molecule has 1 heterocycles. The molecular formula is C21H21F2N3O6S. The van der Waals surface area contributed by atoms with Crippen molar-refractivity contribution in [1.82, 2.24) is 14.9 Å². The Bertz CT molecular complexity index is 1200. The summed E-state index contributed by atoms with van der Waals surface area (Å²) in [6.45, 7) is 1.13. The number of esters is 1. The van der Waals surface area contributed by atoms with Gasteiger partial charge in [0.1, 0.15) is 11.6 Å². The number of carbonyl (C=O) groups excluding carboxylic acids is 3. The first-order valence-corrected chi connectivity index (χ1v) is 11.2. The Morgan fingerprint density at radius 3 is 2.42 bits per heavy atom. The van der Waals surface area contributed by atoms with Crippen LogP contribution in [0.2, 0.25) is 0 Å². The van der Waals surface area contributed by atoms with Crippen LogP contribution in [0.25, 0.3) is 0 Å². The minimum atomic E-state index is -3.97. The van der Waals surface area contributed by atoms with E-state index >= 15 is 0 Å². The van der Waals surface area contributed by atoms with E-state index in [1.165, 1.54) is 24.3 Å². The van der Waals surface area contributed by atoms with Crippen molar-refractivity contribution in [3.63, 3.8) is 0 Å². The molecule has 0 radical (unpaired) electrons. The molecule has 1 aliphatic rings. The number of carbonyl (C=O) groups is 3. The number of methoxy groups -OCH3 is 1. The summed E-state index contributed by atoms with van der Waals surface area (Å²) in [5, 5.41) is 4.87. The van der Waals surface area contributed by atoms with Gasteiger partial charge in [-0.3, -0.25) is 9.59 Å². The van der Waals surface area contributed by atoms with Crippen molar-refractivity contribution in [2.45, 2.75) is 17.4 Å². The lowest BCUT2D eigenvalue weighted by Crippen LogP contribution is -2.50. The highest BCUT2D eigenvalue weighted by molar-refractivity contribution is 7.89. The molecule has 2 N–H and O–H groups in total. The number of halogens is 2. The molecule has 0 aromatic heterocycles. The van der Waals surface area contributed by atoms with Crippen LogP contribution in [0, 0.1) is 11.6 Å². The molecule has 3 rings (SSSR count). The van der Waals surface area contributed by atoms with Crippen molar-refractivity contribution < 1.29 is 36.3 Å². The summed E-state index contributed by atoms with van der Waals surface area (Å²) in [6.07, 6.45) is 0. The maximum absolute atomic E-state index is 14.4. The summed E-state index contributed by atoms with van der Waals surface area (Å²) in [5.74, 6) is -4.07. The van der Waals surface area contributed by atoms with E-state index in [2.05, 4.69) is 15.4 Å². The van der Waals surface area contributed by atoms with Crippen LogP contribution >= 0.6 is 0 Å². The van der Waals surface area contributed by atoms with E-state index in [9.17, 15) is 31.6 Å². The van der Waals surface area contributed by atoms with Crippen molar-refractivity contribution in [2.75, 3.05) is 26.7 Å². The smallest absolute Gasteiger partial charge is 0.336 e. The zero-order chi connectivity index (χ0) is 24.4. The van der Waals surface area contributed by atoms with Crippen molar-refractivity contribution in [3.8, 4) is 0 Å². The zero-order valence-electron chi connectivity index (χ0n) is 17.7. The maximum atomic E-state index is 14.4. The predicted molar refractivity (Wildman–Crippen MR) is 111 cm³/mol. The van der Waals surface area contributed by atoms with Gasteiger partial charge in [-0.05, 0) is 49.4 Å². The molecule has 176 valence electrons. The Kier molecular flexibility index (Phi) is 6.79. The average molecular weight is 481 g/mol. The van der Waals surface area contributed by atoms with Crippen LogP contribution in [0.5, 0.6) is 0 Å². The lowest BCUT2D eigenvalue weighted by atomic mass is 9.90. The van der Waals surface area contributed by atoms with Crippen LogP contribution in [0.15, 0.2) is 47.4 Å². The number of amides is 2. The summed E-state index contributed by atoms with van der Waals surface area (Å²) in [7, 11) is -2.94. The number of piperazine rings is 1. The lowest BCUT2D eigenvalue weighted by molar-refractivity contribution is -0.148. The topological polar surface area (TPSA) is 122 Å². The third kappa shape index (κ3) is 4.86. The summed E-state index contributed by atoms with van der Waals surface area (Å²) in [6, 6.07) is 7.21. The van der Waals surface area contributed by atoms with Crippen LogP contribution in [0.1, 0.15) is 22.8 Å². The molecule has 0 saturated carbocycles. The molecule has 33 heavy (non-hydrogen) atoms. The Hall–Kier alpha value is -3.38. The number of nitrogens with zero attached hydrogens (tertiary/aromatic N) is 1. The first kappa shape index (κ1) is 24.3. The van der Waals surface area contributed by atoms with E-state index in [1.807, 2.05) is 0 Å². The quantitative estimate of drug-likeness (QED) is 0.592. The molecule has 1 aliphatic heterocycles. The van der Waals surface area contributed by atoms with Crippen molar-refractivity contribution in [2.24, 2.45) is 0 Å². The fourth-order valence-electron chi connectivity index (χ4n) is 3.36. The second-order valence-corrected chi connectivity index (χ2v) is 9.35. The van der Waals surface area contributed by atoms with Gasteiger partial charge in [0.05, 0.1) is 18.6 Å². The van der Waals surface area contributed by atoms with Gasteiger partial charge in [0, 0.05) is 24.2 Å². The largest absolute Gasteiger partial charge is 0.467 e. The van der Waals surface area contributed by atoms with Gasteiger partial charge in [-0.15, -0.1) is 0 Å². The molecule has 12 heteroatoms. The molecule has 0 bridgehead atoms. The van der Waals surface area contributed by atoms with Gasteiger partial charge in [0.15, 0.2) is 5.54 Å². The fourth-order valence-corrected chi connectivity index (χ4v) is 4.76. The minimum absolute atomic E-state index is 0.0442. The molecule has 9 nitrogen and oxygen atoms in total. The minimum Gasteiger partial charge on any atom is -0.467 e. The Morgan fingerprint density at radius 2 is 1.82 bits per heavy atom. The summed E-state index contributed by atoms with van der Waals surface area (Å²) >= 11 is 0. The summed E-state index contributed by atoms with van der Waals surface area (Å²) < 4.78 is 59.3. The van der Waals surface area contributed by atoms with E-state index in [1.54, 1.807) is 0 Å². The standard InChI is InChI=1S/C21H21F2N3O6S/c1-21(20(29)32-2,16-11-14(22)5-8-17(16)23)25-19(28)13-3-6-15(7-4-13)33(30,31)26-10-9-24-18(27)12-26/h3-8,11H,9-10,12H2,1-2H3,(H,24,27)(H,25,28)/t21-/m0/s1. The van der Waals surface area contributed by atoms with Gasteiger partial charge in [0.2, 0.25) is 15.9 Å². The Balaban J connectivity index is 1.87. The van der Waals surface area contributed by atoms with Gasteiger partial charge < -0.3 is 15.4 Å². The molecule has 1 atom stereocenters. The number of ether oxygens (including phenoxy) is 1. The molecule has 2 amide bonds. The molecule has 0 unspecified atom stereocenters. The Labute approximate surface area is 188 Å². The molecule has 2 aromatic carbocycles. The SMILES string of the molecule is COC(=O)[C@@](C)(NC(=O)c1ccc(S(=O)(=O)N2CCNC(=O)C2)cc1)c1cc(F)ccc1F. The van der Waals surface area contributed by atoms with Crippen molar-refractivity contribution >= 4 is 27.8 Å². The van der Waals surface area contributed by atoms with Crippen LogP contribution < -0.4 is 10.6 Å². The maximum Gasteiger partial charge on any atom is 0.336 e. The van der Waals surface area contributed by atoms with Gasteiger partial charge >= 0.3 is 5.97 Å². The van der Waals surface area contributed by atoms with Gasteiger partial charge in [-0.25, -0.2) is 22.0 Å². The molecule has 0 spiro atoms. The third-order valence-electron chi connectivity index (χ3n) is 5.18. The first-order valence-electron chi connectivity index (χ1n) is 9.72. The van der Waals surface area contributed by atoms with Crippen molar-refractivity contribution in [1.29, 1.82) is 0 Å². The highest BCUT2D eigenvalue weighted by Crippen LogP contribution is 2.27. The van der Waals surface area contributed by atoms with E-state index in [0.29, 0.717) is 0 Å². The number of hydrogen-bond acceptors (Lipinski definition) is 6. The first-order chi connectivity index (χ1) is 15.5. The van der Waals surface area contributed by atoms with E-state index < -0.39 is 50.5 Å². The number of nitrogens with one attached hydrogen (secondary N) is 2. The average Bonchev–Trinajstić information content (AvgIpc) is 2.80. The van der Waals surface area contributed by atoms with Gasteiger partial charge in [-0.2, -0.15) is 4.31 Å². The zero-order valence-corrected chi connectivity index (χ0v) is 18.5. The van der Waals surface area contributed by atoms with E-state index in [4.69, 9.17) is 0 Å². The highest BCUT2D eigenvalue weighted by Gasteiger charge is 2.41. The molecular weight excluding hydrogens is 460 g/mol. The number of sulfonamides is 1. The Morgan fingerprint density at radius 1 is 1.15 bits per heavy atom. The second-order valence-electron chi connectivity index (χ2n) is 7.41. The van der Waals surface area contributed by atoms with Crippen LogP contribution in [-0.4, -0.2) is 57.3 Å². The van der Waals surface area contributed by atoms with Crippen molar-refractivity contribution in [3.05, 3.63) is 65.2 Å². The molecule has 1 saturated heterocycles. The van der Waals surface area contributed by atoms with Crippen LogP contribution in [-0.2, 0) is 29.9 Å². The summed E-state index contributed by atoms with van der Waals surface area (Å²) in [5.41, 5.74) is -2.55. The van der Waals surface area contributed by atoms with Gasteiger partial charge in [-0.1, -0.05) is 0 Å². The fraction of sp³-hybridized carbons (Fsp3) is 0.286. The predicted octanol–water partition coefficient (Wildman–Crippen LogP) is 0.904. The second kappa shape index (κ2) is 9.24. The van der Waals surface area contributed by atoms with E-state index in [-0.39, 0.29) is 30.1 Å². The molecule has 1 fully saturated rings. The number of hydrogen-bond donors (Lipinski definition) is 2. The lowest BCUT2D eigenvalue weighted by Gasteiger charge is -2.29. The van der Waals surface area contributed by atoms with E-state index in [0.717, 1.165) is 36.5 Å². The number of rotatable bonds is 6. The highest BCUT2D eigenvalue weighted by atomic mass is 32.2. The molecule has 2 aromatic rings.